The van der Waals surface area contributed by atoms with Crippen LogP contribution in [0.4, 0.5) is 30.6 Å². The largest absolute Gasteiger partial charge is 0.496 e. The summed E-state index contributed by atoms with van der Waals surface area (Å²) in [7, 11) is 3.44. The molecule has 3 fully saturated rings. The number of Topliss-reactive ketones (excluding diaryl/α,β-unsaturated/α-hetero) is 2. The standard InChI is InChI=1S/C30H42FN3O4.C30H43N3O5.C29H39F2N3O3/c1-20(2)38-19-22-10-11-23(31)16-27(22)29(21(3)35)34-14-12-25(18-34)37-15-6-5-8-24-17-28(36-4)26-9-7-13-32-30(26)33-24;1-30(2,3)38-20-21-10-5-6-12-24(21)27(29(34)35)33-16-14-23(19-33)37-17-8-7-11-22-18-26(36-4)25-13-9-15-31-28(25)32-22;1-19(2)37-18-21-9-10-22(30)15-26(21)28(20(3)35)34-13-11-24(17-34)36-14-5-4-7-23-16-27(31)25-8-6-12-32-29(25)33-23/h10-11,16-17,20,25,29H,5-9,12-15,18-19H2,1-4H3,(H,32,33);5-6,10,12,18,23,27H,7-9,11,13-17,19-20H2,1-4H3,(H,31,32)(H,34,35);9-10,15-16,19,24,28H,4-8,11-14,17-18H2,1-3H3,(H,32,33)/t25-,29?;23-,27-;24-,28?/m111/s1. The van der Waals surface area contributed by atoms with Gasteiger partial charge in [0.15, 0.2) is 11.6 Å². The average molecular weight is 1570 g/mol. The van der Waals surface area contributed by atoms with E-state index in [9.17, 15) is 32.7 Å². The van der Waals surface area contributed by atoms with E-state index >= 15 is 0 Å². The Balaban J connectivity index is 0.000000180. The second kappa shape index (κ2) is 43.3. The van der Waals surface area contributed by atoms with Crippen molar-refractivity contribution in [2.24, 2.45) is 0 Å². The van der Waals surface area contributed by atoms with Crippen molar-refractivity contribution in [1.82, 2.24) is 29.7 Å². The summed E-state index contributed by atoms with van der Waals surface area (Å²) in [5.74, 6) is 2.78. The van der Waals surface area contributed by atoms with Gasteiger partial charge in [-0.05, 0) is 242 Å². The summed E-state index contributed by atoms with van der Waals surface area (Å²) >= 11 is 0. The number of aromatic nitrogens is 3. The van der Waals surface area contributed by atoms with Crippen molar-refractivity contribution in [2.75, 3.05) is 109 Å². The highest BCUT2D eigenvalue weighted by Crippen LogP contribution is 2.37. The first-order chi connectivity index (χ1) is 54.4. The molecule has 0 aliphatic carbocycles. The predicted molar refractivity (Wildman–Crippen MR) is 434 cm³/mol. The average Bonchev–Trinajstić information content (AvgIpc) is 1.11. The van der Waals surface area contributed by atoms with Crippen LogP contribution in [0.3, 0.4) is 0 Å². The number of halogens is 3. The fourth-order valence-electron chi connectivity index (χ4n) is 15.9. The summed E-state index contributed by atoms with van der Waals surface area (Å²) in [6, 6.07) is 20.9. The number of methoxy groups -OCH3 is 2. The maximum Gasteiger partial charge on any atom is 0.325 e. The first-order valence-corrected chi connectivity index (χ1v) is 41.3. The van der Waals surface area contributed by atoms with Crippen LogP contribution in [-0.2, 0) is 101 Å². The molecule has 113 heavy (non-hydrogen) atoms. The van der Waals surface area contributed by atoms with Gasteiger partial charge in [-0.3, -0.25) is 29.1 Å². The molecule has 3 aromatic carbocycles. The minimum Gasteiger partial charge on any atom is -0.496 e. The van der Waals surface area contributed by atoms with Crippen molar-refractivity contribution in [3.63, 3.8) is 0 Å². The van der Waals surface area contributed by atoms with Gasteiger partial charge in [-0.15, -0.1) is 0 Å². The number of unbranched alkanes of at least 4 members (excludes halogenated alkanes) is 3. The lowest BCUT2D eigenvalue weighted by molar-refractivity contribution is -0.143. The van der Waals surface area contributed by atoms with Crippen molar-refractivity contribution in [3.8, 4) is 11.5 Å². The lowest BCUT2D eigenvalue weighted by atomic mass is 9.96. The van der Waals surface area contributed by atoms with E-state index in [1.165, 1.54) is 35.4 Å². The number of rotatable bonds is 37. The summed E-state index contributed by atoms with van der Waals surface area (Å²) in [4.78, 5) is 58.3. The van der Waals surface area contributed by atoms with E-state index in [0.717, 1.165) is 198 Å². The number of ketones is 2. The van der Waals surface area contributed by atoms with Crippen LogP contribution in [0.15, 0.2) is 78.9 Å². The summed E-state index contributed by atoms with van der Waals surface area (Å²) in [6.45, 7) is 26.8. The second-order valence-electron chi connectivity index (χ2n) is 32.3. The van der Waals surface area contributed by atoms with Crippen LogP contribution in [0.25, 0.3) is 0 Å². The molecule has 0 saturated carbocycles. The van der Waals surface area contributed by atoms with Gasteiger partial charge in [-0.1, -0.05) is 36.4 Å². The molecule has 3 saturated heterocycles. The Bertz CT molecular complexity index is 4030. The van der Waals surface area contributed by atoms with Crippen LogP contribution in [0, 0.1) is 17.5 Å². The van der Waals surface area contributed by atoms with Crippen LogP contribution in [0.1, 0.15) is 225 Å². The smallest absolute Gasteiger partial charge is 0.325 e. The van der Waals surface area contributed by atoms with Gasteiger partial charge in [0, 0.05) is 125 Å². The number of ether oxygens (including phenoxy) is 8. The van der Waals surface area contributed by atoms with Crippen LogP contribution >= 0.6 is 0 Å². The minimum atomic E-state index is -0.837. The summed E-state index contributed by atoms with van der Waals surface area (Å²) in [5, 5.41) is 20.1. The number of hydrogen-bond acceptors (Lipinski definition) is 20. The summed E-state index contributed by atoms with van der Waals surface area (Å²) < 4.78 is 90.0. The molecular formula is C89H124F3N9O12. The normalized spacial score (nSPS) is 18.5. The molecule has 3 aromatic heterocycles. The lowest BCUT2D eigenvalue weighted by Gasteiger charge is -2.28. The van der Waals surface area contributed by atoms with E-state index < -0.39 is 24.1 Å². The first kappa shape index (κ1) is 87.7. The zero-order valence-corrected chi connectivity index (χ0v) is 68.7. The molecular weight excluding hydrogens is 1440 g/mol. The van der Waals surface area contributed by atoms with E-state index in [4.69, 9.17) is 47.9 Å². The molecule has 12 rings (SSSR count). The SMILES string of the molecule is CC(=O)C(c1cc(F)ccc1COC(C)C)N1CC[C@@H](OCCCCc2cc(F)c3c(n2)NCCC3)C1.COc1cc(CCCCO[C@@H]2CCN(C(C(C)=O)c3cc(F)ccc3COC(C)C)C2)nc2c1CCCN2.COc1cc(CCCCO[C@@H]2CCN([C@@H](C(=O)O)c3ccccc3COC(C)(C)C)C2)nc2c1CCCN2. The maximum absolute atomic E-state index is 14.4. The first-order valence-electron chi connectivity index (χ1n) is 41.3. The molecule has 0 radical (unpaired) electrons. The Hall–Kier alpha value is -7.65. The third-order valence-electron chi connectivity index (χ3n) is 21.7. The molecule has 618 valence electrons. The molecule has 24 heteroatoms. The van der Waals surface area contributed by atoms with E-state index in [2.05, 4.69) is 42.9 Å². The number of pyridine rings is 3. The fourth-order valence-corrected chi connectivity index (χ4v) is 15.9. The Labute approximate surface area is 667 Å². The number of nitrogens with zero attached hydrogens (tertiary/aromatic N) is 6. The molecule has 0 bridgehead atoms. The van der Waals surface area contributed by atoms with Crippen LogP contribution < -0.4 is 25.4 Å². The van der Waals surface area contributed by atoms with Gasteiger partial charge in [0.05, 0.1) is 82.2 Å². The minimum absolute atomic E-state index is 0.00418. The van der Waals surface area contributed by atoms with E-state index in [1.54, 1.807) is 46.3 Å². The third kappa shape index (κ3) is 25.9. The number of anilines is 3. The number of carboxylic acids is 1. The number of nitrogens with one attached hydrogen (secondary N) is 3. The number of aryl methyl sites for hydroxylation is 3. The van der Waals surface area contributed by atoms with Crippen LogP contribution in [-0.4, -0.2) is 181 Å². The molecule has 4 N–H and O–H groups in total. The van der Waals surface area contributed by atoms with E-state index in [1.807, 2.05) is 77.6 Å². The highest BCUT2D eigenvalue weighted by atomic mass is 19.1. The highest BCUT2D eigenvalue weighted by molar-refractivity contribution is 5.84. The van der Waals surface area contributed by atoms with Crippen molar-refractivity contribution in [1.29, 1.82) is 0 Å². The van der Waals surface area contributed by atoms with Gasteiger partial charge in [0.1, 0.15) is 52.4 Å². The number of carbonyl (C=O) groups is 3. The molecule has 0 amide bonds. The predicted octanol–water partition coefficient (Wildman–Crippen LogP) is 15.6. The van der Waals surface area contributed by atoms with Crippen molar-refractivity contribution < 1.29 is 70.6 Å². The number of carboxylic acid groups (broad SMARTS) is 1. The number of benzene rings is 3. The zero-order valence-electron chi connectivity index (χ0n) is 68.7. The van der Waals surface area contributed by atoms with Crippen LogP contribution in [0.5, 0.6) is 11.5 Å². The quantitative estimate of drug-likeness (QED) is 0.0266. The molecule has 9 heterocycles. The second-order valence-corrected chi connectivity index (χ2v) is 32.3. The molecule has 6 aliphatic heterocycles. The molecule has 2 unspecified atom stereocenters. The van der Waals surface area contributed by atoms with Gasteiger partial charge in [0.25, 0.3) is 0 Å². The van der Waals surface area contributed by atoms with Crippen molar-refractivity contribution in [2.45, 2.75) is 252 Å². The Kier molecular flexibility index (Phi) is 33.7. The molecule has 6 atom stereocenters. The van der Waals surface area contributed by atoms with Crippen molar-refractivity contribution >= 4 is 35.0 Å². The Morgan fingerprint density at radius 2 is 0.894 bits per heavy atom. The number of aliphatic carboxylic acids is 1. The zero-order chi connectivity index (χ0) is 80.6. The van der Waals surface area contributed by atoms with Gasteiger partial charge in [0.2, 0.25) is 0 Å². The number of likely N-dealkylation sites (tertiary alicyclic amines) is 3. The fraction of sp³-hybridized carbons (Fsp3) is 0.596. The summed E-state index contributed by atoms with van der Waals surface area (Å²) in [6.07, 6.45) is 16.6. The van der Waals surface area contributed by atoms with Gasteiger partial charge >= 0.3 is 5.97 Å². The maximum atomic E-state index is 14.4. The number of fused-ring (bicyclic) bond motifs is 3. The van der Waals surface area contributed by atoms with Crippen molar-refractivity contribution in [3.05, 3.63) is 163 Å². The van der Waals surface area contributed by atoms with Gasteiger partial charge in [-0.2, -0.15) is 0 Å². The number of carbonyl (C=O) groups excluding carboxylic acids is 2. The van der Waals surface area contributed by atoms with E-state index in [-0.39, 0.29) is 65.1 Å². The molecule has 6 aliphatic rings. The Morgan fingerprint density at radius 3 is 1.29 bits per heavy atom. The summed E-state index contributed by atoms with van der Waals surface area (Å²) in [5.41, 5.74) is 10.4. The van der Waals surface area contributed by atoms with E-state index in [0.29, 0.717) is 101 Å². The van der Waals surface area contributed by atoms with Gasteiger partial charge < -0.3 is 59.0 Å². The lowest BCUT2D eigenvalue weighted by Crippen LogP contribution is -2.34. The monoisotopic (exact) mass is 1570 g/mol. The number of hydrogen-bond donors (Lipinski definition) is 4. The molecule has 6 aromatic rings. The van der Waals surface area contributed by atoms with Gasteiger partial charge in [-0.25, -0.2) is 28.1 Å². The Morgan fingerprint density at radius 1 is 0.504 bits per heavy atom. The molecule has 0 spiro atoms. The highest BCUT2D eigenvalue weighted by Gasteiger charge is 2.38. The molecule has 21 nitrogen and oxygen atoms in total. The van der Waals surface area contributed by atoms with Crippen LogP contribution in [0.2, 0.25) is 0 Å². The third-order valence-corrected chi connectivity index (χ3v) is 21.7. The topological polar surface area (TPSA) is 230 Å².